The highest BCUT2D eigenvalue weighted by molar-refractivity contribution is 5.79. The van der Waals surface area contributed by atoms with Crippen molar-refractivity contribution in [3.63, 3.8) is 0 Å². The van der Waals surface area contributed by atoms with E-state index in [0.29, 0.717) is 18.5 Å². The van der Waals surface area contributed by atoms with E-state index >= 15 is 0 Å². The summed E-state index contributed by atoms with van der Waals surface area (Å²) in [7, 11) is 0. The summed E-state index contributed by atoms with van der Waals surface area (Å²) in [6, 6.07) is 0.710. The Balaban J connectivity index is 1.83. The molecule has 0 aromatic heterocycles. The summed E-state index contributed by atoms with van der Waals surface area (Å²) in [6.07, 6.45) is 4.98. The van der Waals surface area contributed by atoms with Gasteiger partial charge in [0, 0.05) is 25.7 Å². The van der Waals surface area contributed by atoms with E-state index < -0.39 is 0 Å². The second-order valence-electron chi connectivity index (χ2n) is 6.39. The minimum absolute atomic E-state index is 0.00309. The molecule has 2 aliphatic heterocycles. The van der Waals surface area contributed by atoms with Crippen LogP contribution in [-0.4, -0.2) is 54.5 Å². The molecule has 2 fully saturated rings. The lowest BCUT2D eigenvalue weighted by Gasteiger charge is -2.38. The minimum Gasteiger partial charge on any atom is -0.342 e. The third kappa shape index (κ3) is 3.48. The summed E-state index contributed by atoms with van der Waals surface area (Å²) in [6.45, 7) is 9.01. The first-order chi connectivity index (χ1) is 9.13. The molecule has 4 nitrogen and oxygen atoms in total. The van der Waals surface area contributed by atoms with Crippen LogP contribution in [0.3, 0.4) is 0 Å². The zero-order valence-electron chi connectivity index (χ0n) is 12.5. The molecule has 1 unspecified atom stereocenters. The molecule has 0 bridgehead atoms. The lowest BCUT2D eigenvalue weighted by molar-refractivity contribution is -0.138. The largest absolute Gasteiger partial charge is 0.342 e. The normalized spacial score (nSPS) is 24.1. The van der Waals surface area contributed by atoms with Gasteiger partial charge in [-0.1, -0.05) is 13.8 Å². The number of nitrogens with zero attached hydrogens (tertiary/aromatic N) is 2. The van der Waals surface area contributed by atoms with Crippen LogP contribution >= 0.6 is 0 Å². The topological polar surface area (TPSA) is 49.6 Å². The number of rotatable bonds is 4. The Morgan fingerprint density at radius 2 is 1.74 bits per heavy atom. The van der Waals surface area contributed by atoms with E-state index in [-0.39, 0.29) is 11.8 Å². The average Bonchev–Trinajstić information content (AvgIpc) is 2.93. The molecule has 1 atom stereocenters. The van der Waals surface area contributed by atoms with Gasteiger partial charge in [0.1, 0.15) is 0 Å². The smallest absolute Gasteiger partial charge is 0.227 e. The van der Waals surface area contributed by atoms with E-state index in [1.165, 1.54) is 25.9 Å². The molecule has 4 heteroatoms. The van der Waals surface area contributed by atoms with Gasteiger partial charge in [0.15, 0.2) is 0 Å². The maximum absolute atomic E-state index is 12.4. The van der Waals surface area contributed by atoms with E-state index in [1.54, 1.807) is 0 Å². The fraction of sp³-hybridized carbons (Fsp3) is 0.933. The predicted molar refractivity (Wildman–Crippen MR) is 77.8 cm³/mol. The molecule has 2 heterocycles. The van der Waals surface area contributed by atoms with Crippen LogP contribution in [0.2, 0.25) is 0 Å². The second kappa shape index (κ2) is 6.71. The van der Waals surface area contributed by atoms with Gasteiger partial charge in [-0.15, -0.1) is 0 Å². The van der Waals surface area contributed by atoms with Gasteiger partial charge in [0.05, 0.1) is 5.92 Å². The average molecular weight is 267 g/mol. The molecule has 0 spiro atoms. The van der Waals surface area contributed by atoms with Crippen LogP contribution in [0.1, 0.15) is 39.5 Å². The fourth-order valence-corrected chi connectivity index (χ4v) is 3.45. The Kier molecular flexibility index (Phi) is 5.22. The molecule has 2 saturated heterocycles. The third-order valence-corrected chi connectivity index (χ3v) is 4.81. The molecule has 0 radical (unpaired) electrons. The molecule has 110 valence electrons. The summed E-state index contributed by atoms with van der Waals surface area (Å²) in [5, 5.41) is 0. The monoisotopic (exact) mass is 267 g/mol. The maximum atomic E-state index is 12.4. The van der Waals surface area contributed by atoms with Crippen LogP contribution < -0.4 is 5.73 Å². The van der Waals surface area contributed by atoms with Crippen LogP contribution in [0.25, 0.3) is 0 Å². The van der Waals surface area contributed by atoms with E-state index in [2.05, 4.69) is 18.7 Å². The molecule has 1 amide bonds. The number of hydrogen-bond donors (Lipinski definition) is 1. The summed E-state index contributed by atoms with van der Waals surface area (Å²) in [5.74, 6) is 0.620. The molecule has 19 heavy (non-hydrogen) atoms. The van der Waals surface area contributed by atoms with Gasteiger partial charge in [0.25, 0.3) is 0 Å². The Hall–Kier alpha value is -0.610. The lowest BCUT2D eigenvalue weighted by atomic mass is 9.93. The van der Waals surface area contributed by atoms with E-state index in [9.17, 15) is 4.79 Å². The van der Waals surface area contributed by atoms with Gasteiger partial charge < -0.3 is 15.5 Å². The molecule has 0 aromatic carbocycles. The lowest BCUT2D eigenvalue weighted by Crippen LogP contribution is -2.49. The number of carbonyl (C=O) groups is 1. The number of nitrogens with two attached hydrogens (primary N) is 1. The van der Waals surface area contributed by atoms with Crippen LogP contribution in [0.4, 0.5) is 0 Å². The Labute approximate surface area is 117 Å². The fourth-order valence-electron chi connectivity index (χ4n) is 3.45. The van der Waals surface area contributed by atoms with Crippen molar-refractivity contribution < 1.29 is 4.79 Å². The highest BCUT2D eigenvalue weighted by Gasteiger charge is 2.31. The highest BCUT2D eigenvalue weighted by Crippen LogP contribution is 2.23. The molecular formula is C15H29N3O. The SMILES string of the molecule is CC(C)C(CN)C(=O)N1CCC(N2CCCC2)CC1. The van der Waals surface area contributed by atoms with Crippen LogP contribution in [0.15, 0.2) is 0 Å². The van der Waals surface area contributed by atoms with E-state index in [1.807, 2.05) is 4.90 Å². The molecule has 0 saturated carbocycles. The van der Waals surface area contributed by atoms with Crippen LogP contribution in [0.5, 0.6) is 0 Å². The summed E-state index contributed by atoms with van der Waals surface area (Å²) < 4.78 is 0. The van der Waals surface area contributed by atoms with Crippen molar-refractivity contribution in [1.29, 1.82) is 0 Å². The number of piperidine rings is 1. The van der Waals surface area contributed by atoms with Gasteiger partial charge in [-0.05, 0) is 44.7 Å². The van der Waals surface area contributed by atoms with Gasteiger partial charge in [-0.25, -0.2) is 0 Å². The minimum atomic E-state index is 0.00309. The summed E-state index contributed by atoms with van der Waals surface area (Å²) in [5.41, 5.74) is 5.75. The van der Waals surface area contributed by atoms with Crippen molar-refractivity contribution in [2.24, 2.45) is 17.6 Å². The summed E-state index contributed by atoms with van der Waals surface area (Å²) >= 11 is 0. The number of amides is 1. The molecule has 0 aromatic rings. The van der Waals surface area contributed by atoms with Crippen molar-refractivity contribution in [2.75, 3.05) is 32.7 Å². The van der Waals surface area contributed by atoms with Crippen molar-refractivity contribution >= 4 is 5.91 Å². The van der Waals surface area contributed by atoms with E-state index in [4.69, 9.17) is 5.73 Å². The van der Waals surface area contributed by atoms with E-state index in [0.717, 1.165) is 25.9 Å². The molecule has 2 aliphatic rings. The first kappa shape index (κ1) is 14.8. The molecular weight excluding hydrogens is 238 g/mol. The van der Waals surface area contributed by atoms with Gasteiger partial charge >= 0.3 is 0 Å². The number of likely N-dealkylation sites (tertiary alicyclic amines) is 2. The first-order valence-electron chi connectivity index (χ1n) is 7.86. The van der Waals surface area contributed by atoms with Gasteiger partial charge in [0.2, 0.25) is 5.91 Å². The summed E-state index contributed by atoms with van der Waals surface area (Å²) in [4.78, 5) is 17.1. The zero-order chi connectivity index (χ0) is 13.8. The predicted octanol–water partition coefficient (Wildman–Crippen LogP) is 1.30. The molecule has 2 rings (SSSR count). The Morgan fingerprint density at radius 3 is 2.21 bits per heavy atom. The van der Waals surface area contributed by atoms with Crippen LogP contribution in [0, 0.1) is 11.8 Å². The second-order valence-corrected chi connectivity index (χ2v) is 6.39. The Morgan fingerprint density at radius 1 is 1.16 bits per heavy atom. The van der Waals surface area contributed by atoms with Gasteiger partial charge in [-0.2, -0.15) is 0 Å². The van der Waals surface area contributed by atoms with Gasteiger partial charge in [-0.3, -0.25) is 4.79 Å². The van der Waals surface area contributed by atoms with Crippen molar-refractivity contribution in [3.05, 3.63) is 0 Å². The third-order valence-electron chi connectivity index (χ3n) is 4.81. The first-order valence-corrected chi connectivity index (χ1v) is 7.86. The van der Waals surface area contributed by atoms with Crippen molar-refractivity contribution in [1.82, 2.24) is 9.80 Å². The molecule has 0 aliphatic carbocycles. The number of carbonyl (C=O) groups excluding carboxylic acids is 1. The maximum Gasteiger partial charge on any atom is 0.227 e. The molecule has 2 N–H and O–H groups in total. The highest BCUT2D eigenvalue weighted by atomic mass is 16.2. The zero-order valence-corrected chi connectivity index (χ0v) is 12.5. The van der Waals surface area contributed by atoms with Crippen molar-refractivity contribution in [3.8, 4) is 0 Å². The standard InChI is InChI=1S/C15H29N3O/c1-12(2)14(11-16)15(19)18-9-5-13(6-10-18)17-7-3-4-8-17/h12-14H,3-11,16H2,1-2H3. The van der Waals surface area contributed by atoms with Crippen molar-refractivity contribution in [2.45, 2.75) is 45.6 Å². The Bertz CT molecular complexity index is 292. The number of hydrogen-bond acceptors (Lipinski definition) is 3. The quantitative estimate of drug-likeness (QED) is 0.835. The van der Waals surface area contributed by atoms with Crippen LogP contribution in [-0.2, 0) is 4.79 Å².